The van der Waals surface area contributed by atoms with E-state index in [9.17, 15) is 14.4 Å². The van der Waals surface area contributed by atoms with Crippen LogP contribution in [0.2, 0.25) is 0 Å². The summed E-state index contributed by atoms with van der Waals surface area (Å²) in [7, 11) is 0. The van der Waals surface area contributed by atoms with Crippen LogP contribution in [0.5, 0.6) is 0 Å². The van der Waals surface area contributed by atoms with Crippen LogP contribution in [0.4, 0.5) is 0 Å². The van der Waals surface area contributed by atoms with Crippen LogP contribution in [-0.2, 0) is 43.4 Å². The molecular formula is C42H61NO9. The van der Waals surface area contributed by atoms with Crippen LogP contribution in [0.3, 0.4) is 0 Å². The minimum atomic E-state index is -1.03. The Hall–Kier alpha value is -2.53. The van der Waals surface area contributed by atoms with Gasteiger partial charge in [0.2, 0.25) is 17.5 Å². The molecule has 1 amide bonds. The van der Waals surface area contributed by atoms with Crippen LogP contribution < -0.4 is 5.32 Å². The Morgan fingerprint density at radius 1 is 0.846 bits per heavy atom. The van der Waals surface area contributed by atoms with E-state index in [1.165, 1.54) is 19.4 Å². The fraction of sp³-hybridized carbons (Fsp3) is 0.786. The van der Waals surface area contributed by atoms with Gasteiger partial charge in [-0.2, -0.15) is 19.6 Å². The lowest BCUT2D eigenvalue weighted by atomic mass is 9.42. The maximum absolute atomic E-state index is 12.8. The number of nitrogens with one attached hydrogen (secondary N) is 1. The molecule has 1 aromatic rings. The number of esters is 2. The van der Waals surface area contributed by atoms with E-state index < -0.39 is 11.6 Å². The molecule has 1 heterocycles. The molecule has 1 N–H and O–H groups in total. The lowest BCUT2D eigenvalue weighted by Gasteiger charge is -2.65. The van der Waals surface area contributed by atoms with Crippen LogP contribution in [0.1, 0.15) is 136 Å². The zero-order chi connectivity index (χ0) is 36.9. The summed E-state index contributed by atoms with van der Waals surface area (Å²) in [6.07, 6.45) is 9.37. The molecule has 6 aliphatic rings. The third kappa shape index (κ3) is 6.83. The van der Waals surface area contributed by atoms with Gasteiger partial charge in [-0.05, 0) is 105 Å². The highest BCUT2D eigenvalue weighted by molar-refractivity contribution is 5.75. The predicted octanol–water partition coefficient (Wildman–Crippen LogP) is 7.94. The van der Waals surface area contributed by atoms with Crippen molar-refractivity contribution >= 4 is 17.8 Å². The van der Waals surface area contributed by atoms with Crippen molar-refractivity contribution in [3.8, 4) is 0 Å². The summed E-state index contributed by atoms with van der Waals surface area (Å²) in [6, 6.07) is 10.6. The highest BCUT2D eigenvalue weighted by Gasteiger charge is 2.69. The molecule has 10 atom stereocenters. The van der Waals surface area contributed by atoms with E-state index in [-0.39, 0.29) is 76.4 Å². The summed E-state index contributed by atoms with van der Waals surface area (Å²) in [4.78, 5) is 62.9. The molecule has 1 aliphatic heterocycles. The molecule has 5 saturated carbocycles. The molecule has 0 bridgehead atoms. The van der Waals surface area contributed by atoms with Gasteiger partial charge in [-0.15, -0.1) is 0 Å². The highest BCUT2D eigenvalue weighted by atomic mass is 17.4. The molecule has 2 spiro atoms. The first-order valence-corrected chi connectivity index (χ1v) is 20.2. The molecule has 52 heavy (non-hydrogen) atoms. The van der Waals surface area contributed by atoms with Crippen LogP contribution >= 0.6 is 0 Å². The van der Waals surface area contributed by atoms with Gasteiger partial charge in [0, 0.05) is 63.8 Å². The zero-order valence-corrected chi connectivity index (χ0v) is 32.2. The predicted molar refractivity (Wildman–Crippen MR) is 192 cm³/mol. The summed E-state index contributed by atoms with van der Waals surface area (Å²) >= 11 is 0. The normalized spacial score (nSPS) is 43.1. The summed E-state index contributed by atoms with van der Waals surface area (Å²) in [5.74, 6) is -0.737. The average Bonchev–Trinajstić information content (AvgIpc) is 3.48. The van der Waals surface area contributed by atoms with Gasteiger partial charge in [-0.25, -0.2) is 0 Å². The van der Waals surface area contributed by atoms with Crippen LogP contribution in [0.15, 0.2) is 30.3 Å². The topological polar surface area (TPSA) is 119 Å². The molecular weight excluding hydrogens is 662 g/mol. The monoisotopic (exact) mass is 723 g/mol. The minimum Gasteiger partial charge on any atom is -0.462 e. The highest BCUT2D eigenvalue weighted by Crippen LogP contribution is 2.70. The number of rotatable bonds is 8. The Morgan fingerprint density at radius 3 is 2.17 bits per heavy atom. The fourth-order valence-corrected chi connectivity index (χ4v) is 12.4. The Balaban J connectivity index is 1.09. The average molecular weight is 724 g/mol. The molecule has 0 radical (unpaired) electrons. The Morgan fingerprint density at radius 2 is 1.52 bits per heavy atom. The van der Waals surface area contributed by atoms with Crippen molar-refractivity contribution in [2.75, 3.05) is 6.54 Å². The van der Waals surface area contributed by atoms with Crippen molar-refractivity contribution in [3.63, 3.8) is 0 Å². The van der Waals surface area contributed by atoms with Crippen molar-refractivity contribution in [3.05, 3.63) is 35.9 Å². The number of fused-ring (bicyclic) bond motifs is 5. The van der Waals surface area contributed by atoms with Crippen molar-refractivity contribution in [1.82, 2.24) is 5.32 Å². The second kappa shape index (κ2) is 14.6. The maximum atomic E-state index is 12.8. The van der Waals surface area contributed by atoms with Gasteiger partial charge in [-0.1, -0.05) is 51.1 Å². The van der Waals surface area contributed by atoms with E-state index >= 15 is 0 Å². The standard InChI is InChI=1S/C42H61NO9/c1-7-43-37(46)16-13-26(2)32-14-15-33-38-34(24-36(40(32,33)6)48-28(4)45)39(5)21-22-42(25-31(39)23-35(38)47-27(3)44)51-49-41(50-52-42)19-17-30(18-20-41)29-11-9-8-10-12-29/h8-12,26,30-36,38H,7,13-25H2,1-6H3,(H,43,46)/t26?,30?,31-,32-,33?,34?,35?,36+,38?,39+,40-,41?,42?/m1/s1. The summed E-state index contributed by atoms with van der Waals surface area (Å²) in [5, 5.41) is 2.94. The molecule has 1 saturated heterocycles. The molecule has 5 unspecified atom stereocenters. The SMILES string of the molecule is CCNC(=O)CCC(C)[C@H]1CCC2C3C(OC(C)=O)C[C@@H]4CC5(CC[C@]4(C)C3C[C@H](OC(C)=O)[C@@]21C)OOC1(CCC(c2ccccc2)CC1)OO5. The molecule has 288 valence electrons. The third-order valence-corrected chi connectivity index (χ3v) is 15.0. The fourth-order valence-electron chi connectivity index (χ4n) is 12.4. The first-order valence-electron chi connectivity index (χ1n) is 20.2. The minimum absolute atomic E-state index is 0.0814. The van der Waals surface area contributed by atoms with Gasteiger partial charge in [0.1, 0.15) is 12.2 Å². The number of ether oxygens (including phenoxy) is 2. The van der Waals surface area contributed by atoms with Gasteiger partial charge < -0.3 is 14.8 Å². The van der Waals surface area contributed by atoms with Crippen LogP contribution in [0.25, 0.3) is 0 Å². The van der Waals surface area contributed by atoms with Gasteiger partial charge in [0.15, 0.2) is 0 Å². The first-order chi connectivity index (χ1) is 24.8. The second-order valence-electron chi connectivity index (χ2n) is 17.8. The van der Waals surface area contributed by atoms with E-state index in [0.29, 0.717) is 51.0 Å². The quantitative estimate of drug-likeness (QED) is 0.211. The lowest BCUT2D eigenvalue weighted by molar-refractivity contribution is -0.665. The van der Waals surface area contributed by atoms with Crippen molar-refractivity contribution in [2.24, 2.45) is 46.3 Å². The smallest absolute Gasteiger partial charge is 0.302 e. The number of carbonyl (C=O) groups is 3. The Bertz CT molecular complexity index is 1450. The Labute approximate surface area is 309 Å². The van der Waals surface area contributed by atoms with Gasteiger partial charge in [-0.3, -0.25) is 14.4 Å². The number of benzene rings is 1. The molecule has 10 nitrogen and oxygen atoms in total. The summed E-state index contributed by atoms with van der Waals surface area (Å²) in [6.45, 7) is 12.6. The van der Waals surface area contributed by atoms with E-state index in [0.717, 1.165) is 44.9 Å². The van der Waals surface area contributed by atoms with E-state index in [1.54, 1.807) is 0 Å². The van der Waals surface area contributed by atoms with Gasteiger partial charge in [0.25, 0.3) is 0 Å². The van der Waals surface area contributed by atoms with Crippen LogP contribution in [0, 0.1) is 46.3 Å². The van der Waals surface area contributed by atoms with Gasteiger partial charge in [0.05, 0.1) is 0 Å². The number of carbonyl (C=O) groups excluding carboxylic acids is 3. The summed E-state index contributed by atoms with van der Waals surface area (Å²) in [5.41, 5.74) is 0.925. The lowest BCUT2D eigenvalue weighted by Crippen LogP contribution is -2.65. The van der Waals surface area contributed by atoms with E-state index in [2.05, 4.69) is 50.4 Å². The van der Waals surface area contributed by atoms with E-state index in [4.69, 9.17) is 29.0 Å². The second-order valence-corrected chi connectivity index (χ2v) is 17.8. The number of hydrogen-bond acceptors (Lipinski definition) is 9. The molecule has 7 rings (SSSR count). The third-order valence-electron chi connectivity index (χ3n) is 15.0. The van der Waals surface area contributed by atoms with Crippen molar-refractivity contribution in [2.45, 2.75) is 155 Å². The van der Waals surface area contributed by atoms with Crippen LogP contribution in [-0.4, -0.2) is 48.2 Å². The van der Waals surface area contributed by atoms with Crippen molar-refractivity contribution < 1.29 is 43.4 Å². The maximum Gasteiger partial charge on any atom is 0.302 e. The first kappa shape index (κ1) is 37.8. The molecule has 1 aromatic carbocycles. The largest absolute Gasteiger partial charge is 0.462 e. The van der Waals surface area contributed by atoms with Gasteiger partial charge >= 0.3 is 11.9 Å². The molecule has 10 heteroatoms. The molecule has 0 aromatic heterocycles. The molecule has 5 aliphatic carbocycles. The zero-order valence-electron chi connectivity index (χ0n) is 32.2. The molecule has 6 fully saturated rings. The number of amides is 1. The summed E-state index contributed by atoms with van der Waals surface area (Å²) < 4.78 is 12.6. The van der Waals surface area contributed by atoms with Crippen molar-refractivity contribution in [1.29, 1.82) is 0 Å². The number of hydrogen-bond donors (Lipinski definition) is 1. The Kier molecular flexibility index (Phi) is 10.6. The van der Waals surface area contributed by atoms with E-state index in [1.807, 2.05) is 13.0 Å².